The van der Waals surface area contributed by atoms with Crippen LogP contribution in [0.2, 0.25) is 0 Å². The molecule has 0 aliphatic carbocycles. The van der Waals surface area contributed by atoms with Gasteiger partial charge < -0.3 is 19.0 Å². The molecular formula is C18H26N4O3. The van der Waals surface area contributed by atoms with E-state index in [2.05, 4.69) is 15.2 Å². The summed E-state index contributed by atoms with van der Waals surface area (Å²) < 4.78 is 12.5. The van der Waals surface area contributed by atoms with Crippen LogP contribution in [-0.4, -0.2) is 47.2 Å². The van der Waals surface area contributed by atoms with Gasteiger partial charge in [-0.3, -0.25) is 9.69 Å². The molecule has 1 saturated heterocycles. The van der Waals surface area contributed by atoms with Gasteiger partial charge in [0, 0.05) is 26.4 Å². The van der Waals surface area contributed by atoms with Gasteiger partial charge in [-0.2, -0.15) is 0 Å². The Morgan fingerprint density at radius 2 is 2.44 bits per heavy atom. The van der Waals surface area contributed by atoms with Crippen molar-refractivity contribution in [3.05, 3.63) is 42.4 Å². The third-order valence-corrected chi connectivity index (χ3v) is 4.61. The molecule has 0 saturated carbocycles. The first-order valence-corrected chi connectivity index (χ1v) is 8.76. The first-order chi connectivity index (χ1) is 12.3. The number of piperidine rings is 1. The summed E-state index contributed by atoms with van der Waals surface area (Å²) in [5.74, 6) is 1.09. The Morgan fingerprint density at radius 1 is 1.52 bits per heavy atom. The maximum Gasteiger partial charge on any atom is 0.224 e. The molecule has 1 atom stereocenters. The summed E-state index contributed by atoms with van der Waals surface area (Å²) in [7, 11) is 1.68. The van der Waals surface area contributed by atoms with Crippen LogP contribution in [0.15, 0.2) is 35.3 Å². The lowest BCUT2D eigenvalue weighted by Gasteiger charge is -2.31. The van der Waals surface area contributed by atoms with Crippen molar-refractivity contribution in [2.24, 2.45) is 5.92 Å². The maximum atomic E-state index is 12.6. The van der Waals surface area contributed by atoms with Gasteiger partial charge in [0.2, 0.25) is 5.91 Å². The fourth-order valence-electron chi connectivity index (χ4n) is 3.24. The monoisotopic (exact) mass is 346 g/mol. The zero-order valence-corrected chi connectivity index (χ0v) is 14.7. The van der Waals surface area contributed by atoms with Crippen LogP contribution in [-0.2, 0) is 29.2 Å². The quantitative estimate of drug-likeness (QED) is 0.787. The van der Waals surface area contributed by atoms with Gasteiger partial charge in [-0.1, -0.05) is 0 Å². The first kappa shape index (κ1) is 17.7. The molecular weight excluding hydrogens is 320 g/mol. The van der Waals surface area contributed by atoms with Gasteiger partial charge in [-0.15, -0.1) is 0 Å². The highest BCUT2D eigenvalue weighted by Crippen LogP contribution is 2.19. The molecule has 1 N–H and O–H groups in total. The summed E-state index contributed by atoms with van der Waals surface area (Å²) in [6, 6.07) is 3.88. The zero-order valence-electron chi connectivity index (χ0n) is 14.7. The molecule has 0 aromatic carbocycles. The Labute approximate surface area is 148 Å². The predicted molar refractivity (Wildman–Crippen MR) is 92.7 cm³/mol. The van der Waals surface area contributed by atoms with Gasteiger partial charge in [-0.05, 0) is 31.5 Å². The Bertz CT molecular complexity index is 653. The summed E-state index contributed by atoms with van der Waals surface area (Å²) in [6.07, 6.45) is 7.22. The molecule has 1 aliphatic heterocycles. The summed E-state index contributed by atoms with van der Waals surface area (Å²) in [4.78, 5) is 19.0. The minimum atomic E-state index is 0.0269. The van der Waals surface area contributed by atoms with Crippen LogP contribution in [0.3, 0.4) is 0 Å². The lowest BCUT2D eigenvalue weighted by atomic mass is 9.97. The third-order valence-electron chi connectivity index (χ3n) is 4.61. The van der Waals surface area contributed by atoms with Crippen molar-refractivity contribution < 1.29 is 13.9 Å². The molecule has 0 bridgehead atoms. The van der Waals surface area contributed by atoms with Crippen LogP contribution < -0.4 is 5.32 Å². The van der Waals surface area contributed by atoms with Gasteiger partial charge in [-0.25, -0.2) is 4.98 Å². The number of nitrogens with one attached hydrogen (secondary N) is 1. The number of amides is 1. The van der Waals surface area contributed by atoms with Gasteiger partial charge in [0.1, 0.15) is 5.76 Å². The van der Waals surface area contributed by atoms with Crippen molar-refractivity contribution in [3.63, 3.8) is 0 Å². The summed E-state index contributed by atoms with van der Waals surface area (Å²) in [5, 5.41) is 3.06. The van der Waals surface area contributed by atoms with Crippen molar-refractivity contribution in [3.8, 4) is 0 Å². The molecule has 1 unspecified atom stereocenters. The average Bonchev–Trinajstić information content (AvgIpc) is 3.29. The molecule has 0 radical (unpaired) electrons. The van der Waals surface area contributed by atoms with E-state index in [9.17, 15) is 4.79 Å². The van der Waals surface area contributed by atoms with Crippen molar-refractivity contribution in [2.75, 3.05) is 26.8 Å². The van der Waals surface area contributed by atoms with Crippen LogP contribution in [0.25, 0.3) is 0 Å². The molecule has 1 amide bonds. The van der Waals surface area contributed by atoms with Crippen LogP contribution in [0.4, 0.5) is 0 Å². The molecule has 3 rings (SSSR count). The van der Waals surface area contributed by atoms with Gasteiger partial charge in [0.05, 0.1) is 43.9 Å². The summed E-state index contributed by atoms with van der Waals surface area (Å²) >= 11 is 0. The SMILES string of the molecule is COCCn1cncc1CNC(=O)C1CCCN(Cc2ccco2)C1. The number of carbonyl (C=O) groups is 1. The topological polar surface area (TPSA) is 72.5 Å². The van der Waals surface area contributed by atoms with Crippen LogP contribution in [0, 0.1) is 5.92 Å². The fraction of sp³-hybridized carbons (Fsp3) is 0.556. The Morgan fingerprint density at radius 3 is 3.24 bits per heavy atom. The molecule has 1 fully saturated rings. The molecule has 2 aromatic rings. The Balaban J connectivity index is 1.48. The number of imidazole rings is 1. The van der Waals surface area contributed by atoms with E-state index in [4.69, 9.17) is 9.15 Å². The van der Waals surface area contributed by atoms with Gasteiger partial charge >= 0.3 is 0 Å². The van der Waals surface area contributed by atoms with Crippen molar-refractivity contribution in [1.82, 2.24) is 19.8 Å². The molecule has 7 nitrogen and oxygen atoms in total. The number of carbonyl (C=O) groups excluding carboxylic acids is 1. The van der Waals surface area contributed by atoms with E-state index < -0.39 is 0 Å². The highest BCUT2D eigenvalue weighted by atomic mass is 16.5. The number of nitrogens with zero attached hydrogens (tertiary/aromatic N) is 3. The lowest BCUT2D eigenvalue weighted by molar-refractivity contribution is -0.127. The number of ether oxygens (including phenoxy) is 1. The summed E-state index contributed by atoms with van der Waals surface area (Å²) in [6.45, 7) is 4.41. The minimum absolute atomic E-state index is 0.0269. The van der Waals surface area contributed by atoms with Crippen LogP contribution in [0.5, 0.6) is 0 Å². The van der Waals surface area contributed by atoms with Crippen molar-refractivity contribution >= 4 is 5.91 Å². The summed E-state index contributed by atoms with van der Waals surface area (Å²) in [5.41, 5.74) is 0.994. The number of hydrogen-bond acceptors (Lipinski definition) is 5. The van der Waals surface area contributed by atoms with E-state index in [1.165, 1.54) is 0 Å². The maximum absolute atomic E-state index is 12.6. The highest BCUT2D eigenvalue weighted by molar-refractivity contribution is 5.78. The normalized spacial score (nSPS) is 18.4. The van der Waals surface area contributed by atoms with E-state index >= 15 is 0 Å². The number of likely N-dealkylation sites (tertiary alicyclic amines) is 1. The zero-order chi connectivity index (χ0) is 17.5. The largest absolute Gasteiger partial charge is 0.468 e. The number of methoxy groups -OCH3 is 1. The van der Waals surface area contributed by atoms with E-state index in [0.717, 1.165) is 50.5 Å². The molecule has 3 heterocycles. The molecule has 2 aromatic heterocycles. The van der Waals surface area contributed by atoms with E-state index in [1.807, 2.05) is 16.7 Å². The Kier molecular flexibility index (Phi) is 6.25. The van der Waals surface area contributed by atoms with Crippen molar-refractivity contribution in [1.29, 1.82) is 0 Å². The second kappa shape index (κ2) is 8.82. The minimum Gasteiger partial charge on any atom is -0.468 e. The molecule has 7 heteroatoms. The van der Waals surface area contributed by atoms with Crippen LogP contribution in [0.1, 0.15) is 24.3 Å². The smallest absolute Gasteiger partial charge is 0.224 e. The number of furan rings is 1. The number of aromatic nitrogens is 2. The molecule has 1 aliphatic rings. The number of rotatable bonds is 8. The van der Waals surface area contributed by atoms with Gasteiger partial charge in [0.25, 0.3) is 0 Å². The van der Waals surface area contributed by atoms with E-state index in [0.29, 0.717) is 13.2 Å². The van der Waals surface area contributed by atoms with Gasteiger partial charge in [0.15, 0.2) is 0 Å². The second-order valence-electron chi connectivity index (χ2n) is 6.44. The molecule has 25 heavy (non-hydrogen) atoms. The highest BCUT2D eigenvalue weighted by Gasteiger charge is 2.26. The first-order valence-electron chi connectivity index (χ1n) is 8.76. The van der Waals surface area contributed by atoms with Crippen molar-refractivity contribution in [2.45, 2.75) is 32.5 Å². The standard InChI is InChI=1S/C18H26N4O3/c1-24-9-7-22-14-19-10-16(22)11-20-18(23)15-4-2-6-21(12-15)13-17-5-3-8-25-17/h3,5,8,10,14-15H,2,4,6-7,9,11-13H2,1H3,(H,20,23). The molecule has 136 valence electrons. The fourth-order valence-corrected chi connectivity index (χ4v) is 3.24. The van der Waals surface area contributed by atoms with E-state index in [1.54, 1.807) is 25.9 Å². The molecule has 0 spiro atoms. The Hall–Kier alpha value is -2.12. The predicted octanol–water partition coefficient (Wildman–Crippen LogP) is 1.65. The van der Waals surface area contributed by atoms with Crippen LogP contribution >= 0.6 is 0 Å². The lowest BCUT2D eigenvalue weighted by Crippen LogP contribution is -2.42. The third kappa shape index (κ3) is 4.93. The number of hydrogen-bond donors (Lipinski definition) is 1. The second-order valence-corrected chi connectivity index (χ2v) is 6.44. The van der Waals surface area contributed by atoms with E-state index in [-0.39, 0.29) is 11.8 Å². The average molecular weight is 346 g/mol.